The second kappa shape index (κ2) is 5.05. The molecule has 1 aromatic rings. The summed E-state index contributed by atoms with van der Waals surface area (Å²) in [6.07, 6.45) is 2.56. The van der Waals surface area contributed by atoms with E-state index in [2.05, 4.69) is 6.92 Å². The fourth-order valence-electron chi connectivity index (χ4n) is 3.29. The molecule has 1 heterocycles. The first-order valence-electron chi connectivity index (χ1n) is 6.82. The maximum Gasteiger partial charge on any atom is 0.237 e. The summed E-state index contributed by atoms with van der Waals surface area (Å²) in [5.74, 6) is -0.149. The molecule has 106 valence electrons. The number of carbonyl (C=O) groups excluding carboxylic acids is 2. The minimum Gasteiger partial charge on any atom is -0.274 e. The average molecular weight is 312 g/mol. The van der Waals surface area contributed by atoms with Crippen LogP contribution < -0.4 is 4.90 Å². The molecule has 0 N–H and O–H groups in total. The molecule has 3 rings (SSSR count). The van der Waals surface area contributed by atoms with Crippen molar-refractivity contribution in [3.05, 3.63) is 28.2 Å². The molecule has 0 bridgehead atoms. The van der Waals surface area contributed by atoms with E-state index in [1.165, 1.54) is 4.90 Å². The zero-order chi connectivity index (χ0) is 14.4. The number of carbonyl (C=O) groups is 2. The summed E-state index contributed by atoms with van der Waals surface area (Å²) in [6.45, 7) is 2.13. The van der Waals surface area contributed by atoms with Crippen LogP contribution in [0.5, 0.6) is 0 Å². The van der Waals surface area contributed by atoms with Crippen LogP contribution in [0.1, 0.15) is 26.2 Å². The number of amides is 2. The summed E-state index contributed by atoms with van der Waals surface area (Å²) in [4.78, 5) is 26.3. The number of benzene rings is 1. The molecule has 20 heavy (non-hydrogen) atoms. The third-order valence-corrected chi connectivity index (χ3v) is 5.17. The van der Waals surface area contributed by atoms with Crippen LogP contribution in [0.4, 0.5) is 5.69 Å². The van der Waals surface area contributed by atoms with Crippen molar-refractivity contribution in [3.8, 4) is 0 Å². The number of hydrogen-bond acceptors (Lipinski definition) is 2. The van der Waals surface area contributed by atoms with Gasteiger partial charge in [-0.1, -0.05) is 36.2 Å². The molecular weight excluding hydrogens is 297 g/mol. The van der Waals surface area contributed by atoms with Crippen molar-refractivity contribution in [3.63, 3.8) is 0 Å². The summed E-state index contributed by atoms with van der Waals surface area (Å²) in [5, 5.41) is 0.621. The Balaban J connectivity index is 2.00. The Morgan fingerprint density at radius 2 is 1.80 bits per heavy atom. The van der Waals surface area contributed by atoms with Gasteiger partial charge in [-0.2, -0.15) is 0 Å². The molecule has 1 aliphatic heterocycles. The first kappa shape index (κ1) is 13.9. The summed E-state index contributed by atoms with van der Waals surface area (Å²) < 4.78 is 0. The zero-order valence-corrected chi connectivity index (χ0v) is 12.6. The fraction of sp³-hybridized carbons (Fsp3) is 0.467. The minimum absolute atomic E-state index is 0.129. The first-order chi connectivity index (χ1) is 9.50. The Labute approximate surface area is 127 Å². The number of rotatable bonds is 1. The van der Waals surface area contributed by atoms with E-state index in [9.17, 15) is 9.59 Å². The van der Waals surface area contributed by atoms with Crippen LogP contribution in [0.15, 0.2) is 18.2 Å². The second-order valence-corrected chi connectivity index (χ2v) is 6.50. The Bertz CT molecular complexity index is 587. The summed E-state index contributed by atoms with van der Waals surface area (Å²) in [6, 6.07) is 5.02. The van der Waals surface area contributed by atoms with Gasteiger partial charge < -0.3 is 0 Å². The van der Waals surface area contributed by atoms with Crippen molar-refractivity contribution in [1.82, 2.24) is 0 Å². The van der Waals surface area contributed by atoms with E-state index in [0.29, 0.717) is 16.6 Å². The highest BCUT2D eigenvalue weighted by Gasteiger charge is 2.50. The Hall–Kier alpha value is -1.06. The van der Waals surface area contributed by atoms with Gasteiger partial charge in [0.15, 0.2) is 0 Å². The van der Waals surface area contributed by atoms with Gasteiger partial charge in [0.05, 0.1) is 27.6 Å². The summed E-state index contributed by atoms with van der Waals surface area (Å²) >= 11 is 12.1. The van der Waals surface area contributed by atoms with Gasteiger partial charge in [0.1, 0.15) is 0 Å². The molecule has 0 aromatic heterocycles. The Morgan fingerprint density at radius 3 is 2.55 bits per heavy atom. The number of nitrogens with zero attached hydrogens (tertiary/aromatic N) is 1. The largest absolute Gasteiger partial charge is 0.274 e. The molecule has 5 heteroatoms. The molecule has 2 aliphatic rings. The molecular formula is C15H15Cl2NO2. The first-order valence-corrected chi connectivity index (χ1v) is 7.58. The minimum atomic E-state index is -0.193. The molecule has 3 nitrogen and oxygen atoms in total. The van der Waals surface area contributed by atoms with Crippen molar-refractivity contribution in [2.75, 3.05) is 4.90 Å². The molecule has 1 aliphatic carbocycles. The Kier molecular flexibility index (Phi) is 3.51. The second-order valence-electron chi connectivity index (χ2n) is 5.72. The Morgan fingerprint density at radius 1 is 1.10 bits per heavy atom. The van der Waals surface area contributed by atoms with Gasteiger partial charge in [-0.3, -0.25) is 9.59 Å². The standard InChI is InChI=1S/C15H15Cl2NO2/c1-8-5-6-9-10(7-8)15(20)18(14(9)19)12-4-2-3-11(16)13(12)17/h2-4,8-10H,5-7H2,1H3/t8-,9+,10-/m1/s1. The molecule has 2 amide bonds. The van der Waals surface area contributed by atoms with E-state index in [-0.39, 0.29) is 28.7 Å². The van der Waals surface area contributed by atoms with Crippen LogP contribution in [0.25, 0.3) is 0 Å². The van der Waals surface area contributed by atoms with Crippen LogP contribution in [-0.4, -0.2) is 11.8 Å². The van der Waals surface area contributed by atoms with E-state index >= 15 is 0 Å². The van der Waals surface area contributed by atoms with Gasteiger partial charge in [-0.15, -0.1) is 0 Å². The van der Waals surface area contributed by atoms with Crippen molar-refractivity contribution >= 4 is 40.7 Å². The predicted molar refractivity (Wildman–Crippen MR) is 79.0 cm³/mol. The van der Waals surface area contributed by atoms with Crippen LogP contribution >= 0.6 is 23.2 Å². The lowest BCUT2D eigenvalue weighted by atomic mass is 9.76. The van der Waals surface area contributed by atoms with E-state index in [1.807, 2.05) is 0 Å². The third-order valence-electron chi connectivity index (χ3n) is 4.36. The highest BCUT2D eigenvalue weighted by Crippen LogP contribution is 2.44. The van der Waals surface area contributed by atoms with Crippen molar-refractivity contribution in [2.24, 2.45) is 17.8 Å². The highest BCUT2D eigenvalue weighted by atomic mass is 35.5. The van der Waals surface area contributed by atoms with Gasteiger partial charge in [0.2, 0.25) is 11.8 Å². The molecule has 1 saturated carbocycles. The predicted octanol–water partition coefficient (Wildman–Crippen LogP) is 3.92. The van der Waals surface area contributed by atoms with Gasteiger partial charge >= 0.3 is 0 Å². The van der Waals surface area contributed by atoms with Crippen molar-refractivity contribution in [1.29, 1.82) is 0 Å². The van der Waals surface area contributed by atoms with Gasteiger partial charge in [-0.25, -0.2) is 4.90 Å². The van der Waals surface area contributed by atoms with E-state index in [4.69, 9.17) is 23.2 Å². The monoisotopic (exact) mass is 311 g/mol. The van der Waals surface area contributed by atoms with Gasteiger partial charge in [0, 0.05) is 0 Å². The fourth-order valence-corrected chi connectivity index (χ4v) is 3.67. The van der Waals surface area contributed by atoms with Gasteiger partial charge in [-0.05, 0) is 37.3 Å². The summed E-state index contributed by atoms with van der Waals surface area (Å²) in [7, 11) is 0. The number of imide groups is 1. The lowest BCUT2D eigenvalue weighted by molar-refractivity contribution is -0.122. The topological polar surface area (TPSA) is 37.4 Å². The molecule has 0 spiro atoms. The van der Waals surface area contributed by atoms with Crippen molar-refractivity contribution in [2.45, 2.75) is 26.2 Å². The van der Waals surface area contributed by atoms with Crippen LogP contribution in [0.3, 0.4) is 0 Å². The van der Waals surface area contributed by atoms with E-state index in [1.54, 1.807) is 18.2 Å². The SMILES string of the molecule is C[C@@H]1CC[C@@H]2C(=O)N(c3cccc(Cl)c3Cl)C(=O)[C@@H]2C1. The number of halogens is 2. The van der Waals surface area contributed by atoms with E-state index < -0.39 is 0 Å². The summed E-state index contributed by atoms with van der Waals surface area (Å²) in [5.41, 5.74) is 0.413. The third kappa shape index (κ3) is 2.04. The van der Waals surface area contributed by atoms with Crippen molar-refractivity contribution < 1.29 is 9.59 Å². The lowest BCUT2D eigenvalue weighted by Gasteiger charge is -2.25. The van der Waals surface area contributed by atoms with Gasteiger partial charge in [0.25, 0.3) is 0 Å². The van der Waals surface area contributed by atoms with E-state index in [0.717, 1.165) is 19.3 Å². The number of fused-ring (bicyclic) bond motifs is 1. The smallest absolute Gasteiger partial charge is 0.237 e. The normalized spacial score (nSPS) is 29.8. The van der Waals surface area contributed by atoms with Crippen LogP contribution in [0.2, 0.25) is 10.0 Å². The quantitative estimate of drug-likeness (QED) is 0.737. The zero-order valence-electron chi connectivity index (χ0n) is 11.1. The molecule has 3 atom stereocenters. The molecule has 0 unspecified atom stereocenters. The lowest BCUT2D eigenvalue weighted by Crippen LogP contribution is -2.31. The molecule has 2 fully saturated rings. The van der Waals surface area contributed by atoms with Crippen LogP contribution in [-0.2, 0) is 9.59 Å². The average Bonchev–Trinajstić information content (AvgIpc) is 2.65. The highest BCUT2D eigenvalue weighted by molar-refractivity contribution is 6.44. The molecule has 1 saturated heterocycles. The number of anilines is 1. The maximum atomic E-state index is 12.6. The molecule has 0 radical (unpaired) electrons. The molecule has 1 aromatic carbocycles. The maximum absolute atomic E-state index is 12.6. The number of hydrogen-bond donors (Lipinski definition) is 0. The van der Waals surface area contributed by atoms with Crippen LogP contribution in [0, 0.1) is 17.8 Å².